The molecule has 0 saturated heterocycles. The highest BCUT2D eigenvalue weighted by Crippen LogP contribution is 2.26. The molecular weight excluding hydrogens is 484 g/mol. The first-order chi connectivity index (χ1) is 17.1. The zero-order chi connectivity index (χ0) is 26.5. The van der Waals surface area contributed by atoms with Crippen LogP contribution >= 0.6 is 0 Å². The SMILES string of the molecule is CCOC(=O)[C@H](CC(C)C)N(CC(=O)OC)S(=O)(=O)c1ccc(Cc2[nH]ccc3nc(C)nc2-3)cc1. The number of methoxy groups -OCH3 is 1. The first-order valence-electron chi connectivity index (χ1n) is 11.7. The molecule has 2 aliphatic rings. The van der Waals surface area contributed by atoms with Gasteiger partial charge in [0.15, 0.2) is 0 Å². The van der Waals surface area contributed by atoms with Gasteiger partial charge in [0.1, 0.15) is 24.1 Å². The molecule has 0 radical (unpaired) electrons. The molecule has 0 spiro atoms. The van der Waals surface area contributed by atoms with E-state index in [0.717, 1.165) is 27.0 Å². The number of esters is 2. The molecule has 3 rings (SSSR count). The van der Waals surface area contributed by atoms with E-state index in [0.29, 0.717) is 12.2 Å². The van der Waals surface area contributed by atoms with Crippen LogP contribution in [0.2, 0.25) is 0 Å². The van der Waals surface area contributed by atoms with Crippen molar-refractivity contribution in [1.29, 1.82) is 0 Å². The summed E-state index contributed by atoms with van der Waals surface area (Å²) in [5, 5.41) is 0. The summed E-state index contributed by atoms with van der Waals surface area (Å²) in [5.41, 5.74) is 3.26. The van der Waals surface area contributed by atoms with E-state index in [1.807, 2.05) is 26.8 Å². The van der Waals surface area contributed by atoms with Gasteiger partial charge in [-0.2, -0.15) is 4.31 Å². The predicted octanol–water partition coefficient (Wildman–Crippen LogP) is 2.95. The van der Waals surface area contributed by atoms with Gasteiger partial charge in [0.25, 0.3) is 0 Å². The molecule has 194 valence electrons. The van der Waals surface area contributed by atoms with Gasteiger partial charge < -0.3 is 14.5 Å². The number of nitrogens with zero attached hydrogens (tertiary/aromatic N) is 3. The fraction of sp³-hybridized carbons (Fsp3) is 0.440. The number of fused-ring (bicyclic) bond motifs is 1. The van der Waals surface area contributed by atoms with Crippen LogP contribution in [0.5, 0.6) is 0 Å². The van der Waals surface area contributed by atoms with Gasteiger partial charge >= 0.3 is 11.9 Å². The lowest BCUT2D eigenvalue weighted by atomic mass is 10.0. The third kappa shape index (κ3) is 6.27. The number of hydrogen-bond acceptors (Lipinski definition) is 8. The lowest BCUT2D eigenvalue weighted by Gasteiger charge is -2.29. The summed E-state index contributed by atoms with van der Waals surface area (Å²) in [6.07, 6.45) is 2.47. The van der Waals surface area contributed by atoms with Crippen LogP contribution in [-0.2, 0) is 35.5 Å². The number of pyridine rings is 1. The van der Waals surface area contributed by atoms with E-state index >= 15 is 0 Å². The molecule has 0 unspecified atom stereocenters. The number of H-pyrrole nitrogens is 1. The highest BCUT2D eigenvalue weighted by atomic mass is 32.2. The Morgan fingerprint density at radius 2 is 1.81 bits per heavy atom. The monoisotopic (exact) mass is 516 g/mol. The number of hydrogen-bond donors (Lipinski definition) is 1. The van der Waals surface area contributed by atoms with E-state index in [4.69, 9.17) is 9.47 Å². The van der Waals surface area contributed by atoms with Gasteiger partial charge in [0.2, 0.25) is 10.0 Å². The second kappa shape index (κ2) is 11.6. The second-order valence-corrected chi connectivity index (χ2v) is 10.7. The molecule has 0 bridgehead atoms. The maximum atomic E-state index is 13.6. The Hall–Kier alpha value is -3.31. The molecule has 2 heterocycles. The molecular formula is C25H32N4O6S. The van der Waals surface area contributed by atoms with E-state index < -0.39 is 34.5 Å². The van der Waals surface area contributed by atoms with Gasteiger partial charge in [-0.3, -0.25) is 9.59 Å². The van der Waals surface area contributed by atoms with Crippen LogP contribution in [0.15, 0.2) is 41.4 Å². The molecule has 36 heavy (non-hydrogen) atoms. The normalized spacial score (nSPS) is 12.8. The summed E-state index contributed by atoms with van der Waals surface area (Å²) in [4.78, 5) is 36.9. The van der Waals surface area contributed by atoms with Crippen molar-refractivity contribution in [1.82, 2.24) is 19.3 Å². The fourth-order valence-corrected chi connectivity index (χ4v) is 5.46. The van der Waals surface area contributed by atoms with Gasteiger partial charge in [0, 0.05) is 18.3 Å². The Kier molecular flexibility index (Phi) is 8.80. The third-order valence-corrected chi connectivity index (χ3v) is 7.48. The number of carbonyl (C=O) groups is 2. The number of aromatic amines is 1. The Morgan fingerprint density at radius 3 is 2.42 bits per heavy atom. The standard InChI is InChI=1S/C25H32N4O6S/c1-6-35-25(31)22(13-16(2)3)29(15-23(30)34-5)36(32,33)19-9-7-18(8-10-19)14-21-24-20(11-12-26-21)27-17(4)28-24/h7-12,16,22,26H,6,13-15H2,1-5H3/t22-/m0/s1. The summed E-state index contributed by atoms with van der Waals surface area (Å²) in [6, 6.07) is 7.01. The van der Waals surface area contributed by atoms with Crippen LogP contribution in [0.1, 0.15) is 44.3 Å². The predicted molar refractivity (Wildman–Crippen MR) is 133 cm³/mol. The minimum Gasteiger partial charge on any atom is -0.468 e. The summed E-state index contributed by atoms with van der Waals surface area (Å²) in [6.45, 7) is 6.67. The average Bonchev–Trinajstić information content (AvgIpc) is 3.22. The molecule has 0 saturated carbocycles. The van der Waals surface area contributed by atoms with Crippen molar-refractivity contribution in [3.8, 4) is 11.4 Å². The van der Waals surface area contributed by atoms with Crippen LogP contribution in [0.25, 0.3) is 11.4 Å². The molecule has 0 fully saturated rings. The third-order valence-electron chi connectivity index (χ3n) is 5.61. The number of ether oxygens (including phenoxy) is 2. The molecule has 2 aliphatic heterocycles. The number of aromatic nitrogens is 3. The van der Waals surface area contributed by atoms with E-state index in [2.05, 4.69) is 15.0 Å². The number of nitrogens with one attached hydrogen (secondary N) is 1. The summed E-state index contributed by atoms with van der Waals surface area (Å²) >= 11 is 0. The smallest absolute Gasteiger partial charge is 0.324 e. The van der Waals surface area contributed by atoms with E-state index in [1.165, 1.54) is 19.2 Å². The molecule has 0 amide bonds. The zero-order valence-electron chi connectivity index (χ0n) is 21.1. The van der Waals surface area contributed by atoms with Crippen molar-refractivity contribution in [3.63, 3.8) is 0 Å². The van der Waals surface area contributed by atoms with Crippen molar-refractivity contribution in [3.05, 3.63) is 53.6 Å². The molecule has 0 aliphatic carbocycles. The van der Waals surface area contributed by atoms with Gasteiger partial charge in [-0.15, -0.1) is 0 Å². The summed E-state index contributed by atoms with van der Waals surface area (Å²) in [5.74, 6) is -0.831. The molecule has 1 aromatic rings. The first kappa shape index (κ1) is 27.3. The van der Waals surface area contributed by atoms with Gasteiger partial charge in [-0.05, 0) is 49.9 Å². The minimum atomic E-state index is -4.23. The Balaban J connectivity index is 1.93. The number of imidazole rings is 1. The van der Waals surface area contributed by atoms with Gasteiger partial charge in [0.05, 0.1) is 24.3 Å². The average molecular weight is 517 g/mol. The maximum Gasteiger partial charge on any atom is 0.324 e. The summed E-state index contributed by atoms with van der Waals surface area (Å²) in [7, 11) is -3.07. The van der Waals surface area contributed by atoms with Crippen molar-refractivity contribution in [2.24, 2.45) is 5.92 Å². The van der Waals surface area contributed by atoms with Gasteiger partial charge in [-0.1, -0.05) is 26.0 Å². The summed E-state index contributed by atoms with van der Waals surface area (Å²) < 4.78 is 38.0. The second-order valence-electron chi connectivity index (χ2n) is 8.81. The molecule has 1 atom stereocenters. The van der Waals surface area contributed by atoms with Crippen molar-refractivity contribution >= 4 is 22.0 Å². The number of rotatable bonds is 11. The molecule has 1 aromatic carbocycles. The molecule has 10 nitrogen and oxygen atoms in total. The van der Waals surface area contributed by atoms with Crippen LogP contribution in [0, 0.1) is 12.8 Å². The van der Waals surface area contributed by atoms with Crippen LogP contribution < -0.4 is 0 Å². The van der Waals surface area contributed by atoms with Gasteiger partial charge in [-0.25, -0.2) is 18.4 Å². The Morgan fingerprint density at radius 1 is 1.11 bits per heavy atom. The number of carbonyl (C=O) groups excluding carboxylic acids is 2. The largest absolute Gasteiger partial charge is 0.468 e. The van der Waals surface area contributed by atoms with E-state index in [1.54, 1.807) is 25.3 Å². The lowest BCUT2D eigenvalue weighted by Crippen LogP contribution is -2.49. The quantitative estimate of drug-likeness (QED) is 0.385. The number of benzene rings is 1. The topological polar surface area (TPSA) is 132 Å². The first-order valence-corrected chi connectivity index (χ1v) is 13.2. The minimum absolute atomic E-state index is 0.0287. The lowest BCUT2D eigenvalue weighted by molar-refractivity contribution is -0.150. The van der Waals surface area contributed by atoms with E-state index in [9.17, 15) is 18.0 Å². The molecule has 11 heteroatoms. The van der Waals surface area contributed by atoms with Crippen molar-refractivity contribution in [2.45, 2.75) is 51.5 Å². The van der Waals surface area contributed by atoms with E-state index in [-0.39, 0.29) is 23.8 Å². The maximum absolute atomic E-state index is 13.6. The number of sulfonamides is 1. The fourth-order valence-electron chi connectivity index (χ4n) is 3.92. The Labute approximate surface area is 211 Å². The highest BCUT2D eigenvalue weighted by molar-refractivity contribution is 7.89. The van der Waals surface area contributed by atoms with Crippen molar-refractivity contribution in [2.75, 3.05) is 20.3 Å². The van der Waals surface area contributed by atoms with Crippen LogP contribution in [0.3, 0.4) is 0 Å². The van der Waals surface area contributed by atoms with Crippen LogP contribution in [0.4, 0.5) is 0 Å². The van der Waals surface area contributed by atoms with Crippen LogP contribution in [-0.4, -0.2) is 65.9 Å². The number of aryl methyl sites for hydroxylation is 1. The molecule has 0 aromatic heterocycles. The van der Waals surface area contributed by atoms with Crippen molar-refractivity contribution < 1.29 is 27.5 Å². The molecule has 1 N–H and O–H groups in total. The zero-order valence-corrected chi connectivity index (χ0v) is 22.0. The highest BCUT2D eigenvalue weighted by Gasteiger charge is 2.39. The Bertz CT molecular complexity index is 1270.